The Kier molecular flexibility index (Phi) is 4.05. The number of para-hydroxylation sites is 2. The zero-order valence-electron chi connectivity index (χ0n) is 7.42. The van der Waals surface area contributed by atoms with Gasteiger partial charge in [-0.1, -0.05) is 12.1 Å². The van der Waals surface area contributed by atoms with Crippen LogP contribution in [0.4, 0.5) is 10.2 Å². The van der Waals surface area contributed by atoms with Crippen LogP contribution in [0.5, 0.6) is 5.75 Å². The average Bonchev–Trinajstić information content (AvgIpc) is 2.19. The third-order valence-electron chi connectivity index (χ3n) is 1.53. The van der Waals surface area contributed by atoms with E-state index in [2.05, 4.69) is 0 Å². The number of methoxy groups -OCH3 is 1. The van der Waals surface area contributed by atoms with E-state index in [-0.39, 0.29) is 0 Å². The van der Waals surface area contributed by atoms with E-state index < -0.39 is 0 Å². The summed E-state index contributed by atoms with van der Waals surface area (Å²) in [5.41, 5.74) is 1.89. The summed E-state index contributed by atoms with van der Waals surface area (Å²) in [6.07, 6.45) is 0. The molecule has 1 aromatic rings. The van der Waals surface area contributed by atoms with Crippen LogP contribution in [0.3, 0.4) is 0 Å². The molecule has 0 saturated heterocycles. The molecule has 0 bridgehead atoms. The molecular formula is C9H12FNO2. The van der Waals surface area contributed by atoms with Crippen molar-refractivity contribution in [3.05, 3.63) is 24.3 Å². The summed E-state index contributed by atoms with van der Waals surface area (Å²) in [6.45, 7) is 0.899. The van der Waals surface area contributed by atoms with Crippen molar-refractivity contribution >= 4 is 5.69 Å². The molecule has 0 aliphatic carbocycles. The van der Waals surface area contributed by atoms with Crippen LogP contribution in [-0.4, -0.2) is 20.3 Å². The molecule has 1 rings (SSSR count). The lowest BCUT2D eigenvalue weighted by atomic mass is 10.3. The van der Waals surface area contributed by atoms with Crippen LogP contribution in [0, 0.1) is 0 Å². The second kappa shape index (κ2) is 5.37. The lowest BCUT2D eigenvalue weighted by Crippen LogP contribution is -2.05. The highest BCUT2D eigenvalue weighted by Gasteiger charge is 2.00. The van der Waals surface area contributed by atoms with E-state index >= 15 is 0 Å². The van der Waals surface area contributed by atoms with Gasteiger partial charge in [0.05, 0.1) is 6.61 Å². The number of benzene rings is 1. The van der Waals surface area contributed by atoms with Gasteiger partial charge in [0.25, 0.3) is 0 Å². The molecule has 4 heteroatoms. The monoisotopic (exact) mass is 185 g/mol. The van der Waals surface area contributed by atoms with Gasteiger partial charge in [0.15, 0.2) is 0 Å². The molecule has 72 valence electrons. The molecule has 0 atom stereocenters. The molecule has 0 heterocycles. The average molecular weight is 185 g/mol. The SMILES string of the molecule is COCCOc1ccccc1NF. The minimum atomic E-state index is 0.332. The number of hydrogen-bond acceptors (Lipinski definition) is 3. The van der Waals surface area contributed by atoms with Gasteiger partial charge in [0, 0.05) is 7.11 Å². The van der Waals surface area contributed by atoms with Gasteiger partial charge in [-0.05, 0) is 12.1 Å². The number of halogens is 1. The number of hydrogen-bond donors (Lipinski definition) is 1. The fourth-order valence-corrected chi connectivity index (χ4v) is 0.906. The maximum absolute atomic E-state index is 12.1. The van der Waals surface area contributed by atoms with Crippen molar-refractivity contribution in [1.29, 1.82) is 0 Å². The summed E-state index contributed by atoms with van der Waals surface area (Å²) in [7, 11) is 1.59. The second-order valence-corrected chi connectivity index (χ2v) is 2.43. The molecular weight excluding hydrogens is 173 g/mol. The first-order valence-corrected chi connectivity index (χ1v) is 3.96. The van der Waals surface area contributed by atoms with Crippen molar-refractivity contribution in [2.75, 3.05) is 25.9 Å². The van der Waals surface area contributed by atoms with E-state index in [1.165, 1.54) is 0 Å². The molecule has 0 fully saturated rings. The smallest absolute Gasteiger partial charge is 0.145 e. The van der Waals surface area contributed by atoms with Crippen molar-refractivity contribution in [2.45, 2.75) is 0 Å². The predicted octanol–water partition coefficient (Wildman–Crippen LogP) is 2.01. The molecule has 0 aromatic heterocycles. The zero-order chi connectivity index (χ0) is 9.52. The highest BCUT2D eigenvalue weighted by Crippen LogP contribution is 2.23. The van der Waals surface area contributed by atoms with E-state index in [1.54, 1.807) is 36.9 Å². The Morgan fingerprint density at radius 1 is 1.31 bits per heavy atom. The summed E-state index contributed by atoms with van der Waals surface area (Å²) >= 11 is 0. The van der Waals surface area contributed by atoms with Gasteiger partial charge in [-0.15, -0.1) is 4.48 Å². The summed E-state index contributed by atoms with van der Waals surface area (Å²) in [6, 6.07) is 6.80. The van der Waals surface area contributed by atoms with E-state index in [4.69, 9.17) is 9.47 Å². The van der Waals surface area contributed by atoms with Crippen LogP contribution in [0.25, 0.3) is 0 Å². The molecule has 0 amide bonds. The fraction of sp³-hybridized carbons (Fsp3) is 0.333. The fourth-order valence-electron chi connectivity index (χ4n) is 0.906. The third kappa shape index (κ3) is 2.91. The van der Waals surface area contributed by atoms with Crippen molar-refractivity contribution in [3.63, 3.8) is 0 Å². The molecule has 1 aromatic carbocycles. The maximum Gasteiger partial charge on any atom is 0.145 e. The van der Waals surface area contributed by atoms with Gasteiger partial charge in [-0.25, -0.2) is 5.54 Å². The van der Waals surface area contributed by atoms with Crippen LogP contribution in [-0.2, 0) is 4.74 Å². The number of rotatable bonds is 5. The highest BCUT2D eigenvalue weighted by molar-refractivity contribution is 5.54. The van der Waals surface area contributed by atoms with Gasteiger partial charge in [0.2, 0.25) is 0 Å². The molecule has 0 radical (unpaired) electrons. The molecule has 1 N–H and O–H groups in total. The van der Waals surface area contributed by atoms with Crippen LogP contribution in [0.2, 0.25) is 0 Å². The largest absolute Gasteiger partial charge is 0.489 e. The lowest BCUT2D eigenvalue weighted by Gasteiger charge is -2.08. The lowest BCUT2D eigenvalue weighted by molar-refractivity contribution is 0.146. The highest BCUT2D eigenvalue weighted by atomic mass is 19.2. The first-order chi connectivity index (χ1) is 6.38. The van der Waals surface area contributed by atoms with Crippen molar-refractivity contribution in [3.8, 4) is 5.75 Å². The molecule has 0 aliphatic heterocycles. The normalized spacial score (nSPS) is 9.69. The maximum atomic E-state index is 12.1. The zero-order valence-corrected chi connectivity index (χ0v) is 7.42. The Labute approximate surface area is 76.4 Å². The Morgan fingerprint density at radius 3 is 2.77 bits per heavy atom. The van der Waals surface area contributed by atoms with Crippen LogP contribution < -0.4 is 10.3 Å². The van der Waals surface area contributed by atoms with Gasteiger partial charge >= 0.3 is 0 Å². The van der Waals surface area contributed by atoms with Crippen LogP contribution in [0.1, 0.15) is 0 Å². The number of ether oxygens (including phenoxy) is 2. The Morgan fingerprint density at radius 2 is 2.08 bits per heavy atom. The van der Waals surface area contributed by atoms with Crippen molar-refractivity contribution in [2.24, 2.45) is 0 Å². The third-order valence-corrected chi connectivity index (χ3v) is 1.53. The first-order valence-electron chi connectivity index (χ1n) is 3.96. The molecule has 3 nitrogen and oxygen atoms in total. The van der Waals surface area contributed by atoms with Crippen LogP contribution in [0.15, 0.2) is 24.3 Å². The van der Waals surface area contributed by atoms with E-state index in [9.17, 15) is 4.48 Å². The Hall–Kier alpha value is -1.29. The quantitative estimate of drug-likeness (QED) is 0.562. The number of nitrogens with one attached hydrogen (secondary N) is 1. The van der Waals surface area contributed by atoms with Crippen molar-refractivity contribution < 1.29 is 14.0 Å². The minimum absolute atomic E-state index is 0.332. The molecule has 13 heavy (non-hydrogen) atoms. The molecule has 0 unspecified atom stereocenters. The topological polar surface area (TPSA) is 30.5 Å². The van der Waals surface area contributed by atoms with Gasteiger partial charge in [-0.3, -0.25) is 0 Å². The Balaban J connectivity index is 2.54. The van der Waals surface area contributed by atoms with Gasteiger partial charge in [-0.2, -0.15) is 0 Å². The molecule has 0 spiro atoms. The Bertz CT molecular complexity index is 255. The summed E-state index contributed by atoms with van der Waals surface area (Å²) in [5.74, 6) is 0.488. The first kappa shape index (κ1) is 9.80. The summed E-state index contributed by atoms with van der Waals surface area (Å²) in [4.78, 5) is 0. The van der Waals surface area contributed by atoms with Gasteiger partial charge < -0.3 is 9.47 Å². The van der Waals surface area contributed by atoms with E-state index in [0.717, 1.165) is 0 Å². The minimum Gasteiger partial charge on any atom is -0.489 e. The van der Waals surface area contributed by atoms with Gasteiger partial charge in [0.1, 0.15) is 18.0 Å². The number of anilines is 1. The molecule has 0 saturated carbocycles. The standard InChI is InChI=1S/C9H12FNO2/c1-12-6-7-13-9-5-3-2-4-8(9)11-10/h2-5,11H,6-7H2,1H3. The van der Waals surface area contributed by atoms with E-state index in [0.29, 0.717) is 24.7 Å². The molecule has 0 aliphatic rings. The van der Waals surface area contributed by atoms with Crippen molar-refractivity contribution in [1.82, 2.24) is 0 Å². The van der Waals surface area contributed by atoms with Crippen LogP contribution >= 0.6 is 0 Å². The summed E-state index contributed by atoms with van der Waals surface area (Å²) in [5, 5.41) is 0. The van der Waals surface area contributed by atoms with E-state index in [1.807, 2.05) is 0 Å². The second-order valence-electron chi connectivity index (χ2n) is 2.43. The summed E-state index contributed by atoms with van der Waals surface area (Å²) < 4.78 is 22.2. The predicted molar refractivity (Wildman–Crippen MR) is 48.5 cm³/mol.